The third-order valence-corrected chi connectivity index (χ3v) is 4.29. The molecule has 7 heteroatoms. The van der Waals surface area contributed by atoms with Crippen molar-refractivity contribution in [3.05, 3.63) is 34.7 Å². The summed E-state index contributed by atoms with van der Waals surface area (Å²) in [7, 11) is 0. The van der Waals surface area contributed by atoms with Crippen molar-refractivity contribution in [3.63, 3.8) is 0 Å². The highest BCUT2D eigenvalue weighted by Gasteiger charge is 2.36. The molecule has 2 aromatic heterocycles. The molecular weight excluding hydrogens is 292 g/mol. The van der Waals surface area contributed by atoms with Gasteiger partial charge in [0.05, 0.1) is 11.1 Å². The monoisotopic (exact) mass is 306 g/mol. The Morgan fingerprint density at radius 1 is 1.43 bits per heavy atom. The first-order chi connectivity index (χ1) is 10.2. The minimum atomic E-state index is -0.101. The topological polar surface area (TPSA) is 75.0 Å². The highest BCUT2D eigenvalue weighted by Crippen LogP contribution is 2.40. The van der Waals surface area contributed by atoms with Crippen LogP contribution in [0.4, 0.5) is 0 Å². The zero-order valence-corrected chi connectivity index (χ0v) is 12.1. The molecule has 1 atom stereocenters. The average molecular weight is 307 g/mol. The lowest BCUT2D eigenvalue weighted by atomic mass is 10.2. The van der Waals surface area contributed by atoms with Crippen LogP contribution in [0, 0.1) is 0 Å². The van der Waals surface area contributed by atoms with Gasteiger partial charge in [0.25, 0.3) is 5.91 Å². The van der Waals surface area contributed by atoms with Crippen LogP contribution in [0.15, 0.2) is 16.8 Å². The summed E-state index contributed by atoms with van der Waals surface area (Å²) in [6.07, 6.45) is 5.66. The van der Waals surface area contributed by atoms with Crippen LogP contribution in [0.2, 0.25) is 5.02 Å². The van der Waals surface area contributed by atoms with Crippen LogP contribution >= 0.6 is 11.6 Å². The van der Waals surface area contributed by atoms with Crippen molar-refractivity contribution in [2.75, 3.05) is 6.54 Å². The normalized spacial score (nSPS) is 22.0. The SMILES string of the molecule is O=C(c1cc(Cl)c[nH]1)N1CCCC1c1noc(C2CC2)n1. The van der Waals surface area contributed by atoms with Crippen LogP contribution < -0.4 is 0 Å². The zero-order chi connectivity index (χ0) is 14.4. The summed E-state index contributed by atoms with van der Waals surface area (Å²) in [6.45, 7) is 0.702. The highest BCUT2D eigenvalue weighted by molar-refractivity contribution is 6.30. The standard InChI is InChI=1S/C14H15ClN4O2/c15-9-6-10(16-7-9)14(20)19-5-1-2-11(19)12-17-13(21-18-12)8-3-4-8/h6-8,11,16H,1-5H2. The number of likely N-dealkylation sites (tertiary alicyclic amines) is 1. The summed E-state index contributed by atoms with van der Waals surface area (Å²) in [5.74, 6) is 1.70. The van der Waals surface area contributed by atoms with E-state index in [9.17, 15) is 4.79 Å². The quantitative estimate of drug-likeness (QED) is 0.946. The number of nitrogens with one attached hydrogen (secondary N) is 1. The van der Waals surface area contributed by atoms with E-state index < -0.39 is 0 Å². The van der Waals surface area contributed by atoms with Crippen molar-refractivity contribution in [3.8, 4) is 0 Å². The molecule has 3 heterocycles. The van der Waals surface area contributed by atoms with E-state index in [4.69, 9.17) is 16.1 Å². The molecule has 6 nitrogen and oxygen atoms in total. The lowest BCUT2D eigenvalue weighted by Gasteiger charge is -2.21. The van der Waals surface area contributed by atoms with E-state index in [0.29, 0.717) is 34.9 Å². The molecule has 1 amide bonds. The van der Waals surface area contributed by atoms with Crippen LogP contribution in [0.3, 0.4) is 0 Å². The first kappa shape index (κ1) is 12.9. The van der Waals surface area contributed by atoms with E-state index in [1.54, 1.807) is 17.2 Å². The minimum absolute atomic E-state index is 0.0674. The fraction of sp³-hybridized carbons (Fsp3) is 0.500. The zero-order valence-electron chi connectivity index (χ0n) is 11.4. The molecule has 2 aliphatic rings. The Labute approximate surface area is 126 Å². The Morgan fingerprint density at radius 2 is 2.29 bits per heavy atom. The summed E-state index contributed by atoms with van der Waals surface area (Å²) in [5.41, 5.74) is 0.498. The maximum atomic E-state index is 12.5. The van der Waals surface area contributed by atoms with Crippen molar-refractivity contribution in [1.82, 2.24) is 20.0 Å². The predicted octanol–water partition coefficient (Wildman–Crippen LogP) is 2.91. The van der Waals surface area contributed by atoms with Crippen molar-refractivity contribution in [2.24, 2.45) is 0 Å². The van der Waals surface area contributed by atoms with E-state index in [2.05, 4.69) is 15.1 Å². The van der Waals surface area contributed by atoms with Crippen LogP contribution in [0.5, 0.6) is 0 Å². The molecule has 2 fully saturated rings. The number of H-pyrrole nitrogens is 1. The van der Waals surface area contributed by atoms with Gasteiger partial charge in [0, 0.05) is 18.7 Å². The number of halogens is 1. The summed E-state index contributed by atoms with van der Waals surface area (Å²) >= 11 is 5.87. The van der Waals surface area contributed by atoms with Crippen molar-refractivity contribution < 1.29 is 9.32 Å². The Morgan fingerprint density at radius 3 is 3.00 bits per heavy atom. The first-order valence-electron chi connectivity index (χ1n) is 7.21. The first-order valence-corrected chi connectivity index (χ1v) is 7.58. The van der Waals surface area contributed by atoms with E-state index in [1.165, 1.54) is 0 Å². The van der Waals surface area contributed by atoms with Crippen molar-refractivity contribution >= 4 is 17.5 Å². The molecule has 1 N–H and O–H groups in total. The number of hydrogen-bond acceptors (Lipinski definition) is 4. The lowest BCUT2D eigenvalue weighted by molar-refractivity contribution is 0.0723. The second-order valence-electron chi connectivity index (χ2n) is 5.65. The van der Waals surface area contributed by atoms with Gasteiger partial charge in [-0.25, -0.2) is 0 Å². The van der Waals surface area contributed by atoms with E-state index in [1.807, 2.05) is 0 Å². The summed E-state index contributed by atoms with van der Waals surface area (Å²) in [5, 5.41) is 4.61. The molecule has 0 bridgehead atoms. The minimum Gasteiger partial charge on any atom is -0.356 e. The van der Waals surface area contributed by atoms with Crippen LogP contribution in [-0.2, 0) is 0 Å². The maximum absolute atomic E-state index is 12.5. The van der Waals surface area contributed by atoms with Gasteiger partial charge in [0.1, 0.15) is 5.69 Å². The molecule has 1 saturated heterocycles. The molecule has 0 radical (unpaired) electrons. The highest BCUT2D eigenvalue weighted by atomic mass is 35.5. The van der Waals surface area contributed by atoms with Crippen molar-refractivity contribution in [1.29, 1.82) is 0 Å². The number of nitrogens with zero attached hydrogens (tertiary/aromatic N) is 3. The molecule has 1 aliphatic heterocycles. The Kier molecular flexibility index (Phi) is 2.99. The molecule has 4 rings (SSSR count). The average Bonchev–Trinajstić information content (AvgIpc) is 2.94. The number of aromatic amines is 1. The van der Waals surface area contributed by atoms with E-state index >= 15 is 0 Å². The Bertz CT molecular complexity index is 676. The number of carbonyl (C=O) groups is 1. The Balaban J connectivity index is 1.57. The molecule has 1 aliphatic carbocycles. The second-order valence-corrected chi connectivity index (χ2v) is 6.09. The largest absolute Gasteiger partial charge is 0.356 e. The van der Waals surface area contributed by atoms with Gasteiger partial charge in [0.2, 0.25) is 5.89 Å². The summed E-state index contributed by atoms with van der Waals surface area (Å²) in [6, 6.07) is 1.54. The smallest absolute Gasteiger partial charge is 0.270 e. The maximum Gasteiger partial charge on any atom is 0.270 e. The van der Waals surface area contributed by atoms with Gasteiger partial charge < -0.3 is 14.4 Å². The number of aromatic nitrogens is 3. The molecule has 2 aromatic rings. The molecular formula is C14H15ClN4O2. The van der Waals surface area contributed by atoms with Crippen LogP contribution in [0.1, 0.15) is 59.8 Å². The molecule has 1 unspecified atom stereocenters. The fourth-order valence-electron chi connectivity index (χ4n) is 2.80. The summed E-state index contributed by atoms with van der Waals surface area (Å²) < 4.78 is 5.31. The third kappa shape index (κ3) is 2.33. The van der Waals surface area contributed by atoms with E-state index in [-0.39, 0.29) is 11.9 Å². The van der Waals surface area contributed by atoms with Gasteiger partial charge in [-0.3, -0.25) is 4.79 Å². The number of amides is 1. The molecule has 0 spiro atoms. The van der Waals surface area contributed by atoms with Gasteiger partial charge >= 0.3 is 0 Å². The molecule has 1 saturated carbocycles. The van der Waals surface area contributed by atoms with Gasteiger partial charge in [0.15, 0.2) is 5.82 Å². The van der Waals surface area contributed by atoms with Crippen LogP contribution in [-0.4, -0.2) is 32.5 Å². The lowest BCUT2D eigenvalue weighted by Crippen LogP contribution is -2.31. The number of hydrogen-bond donors (Lipinski definition) is 1. The fourth-order valence-corrected chi connectivity index (χ4v) is 2.97. The predicted molar refractivity (Wildman–Crippen MR) is 75.1 cm³/mol. The second kappa shape index (κ2) is 4.87. The molecule has 0 aromatic carbocycles. The van der Waals surface area contributed by atoms with Crippen molar-refractivity contribution in [2.45, 2.75) is 37.6 Å². The Hall–Kier alpha value is -1.82. The van der Waals surface area contributed by atoms with Gasteiger partial charge in [-0.1, -0.05) is 16.8 Å². The van der Waals surface area contributed by atoms with E-state index in [0.717, 1.165) is 25.7 Å². The van der Waals surface area contributed by atoms with Crippen LogP contribution in [0.25, 0.3) is 0 Å². The van der Waals surface area contributed by atoms with Gasteiger partial charge in [-0.2, -0.15) is 4.98 Å². The number of rotatable bonds is 3. The van der Waals surface area contributed by atoms with Gasteiger partial charge in [-0.15, -0.1) is 0 Å². The summed E-state index contributed by atoms with van der Waals surface area (Å²) in [4.78, 5) is 21.7. The van der Waals surface area contributed by atoms with Gasteiger partial charge in [-0.05, 0) is 31.7 Å². The number of carbonyl (C=O) groups excluding carboxylic acids is 1. The third-order valence-electron chi connectivity index (χ3n) is 4.07. The molecule has 21 heavy (non-hydrogen) atoms. The molecule has 110 valence electrons.